The molecule has 74 valence electrons. The van der Waals surface area contributed by atoms with E-state index in [4.69, 9.17) is 0 Å². The van der Waals surface area contributed by atoms with Crippen molar-refractivity contribution < 1.29 is 0 Å². The van der Waals surface area contributed by atoms with Crippen LogP contribution in [0.15, 0.2) is 41.9 Å². The highest BCUT2D eigenvalue weighted by molar-refractivity contribution is 5.91. The highest BCUT2D eigenvalue weighted by Crippen LogP contribution is 2.16. The Morgan fingerprint density at radius 3 is 2.87 bits per heavy atom. The van der Waals surface area contributed by atoms with Crippen molar-refractivity contribution >= 4 is 23.2 Å². The van der Waals surface area contributed by atoms with E-state index in [-0.39, 0.29) is 0 Å². The van der Waals surface area contributed by atoms with Gasteiger partial charge >= 0.3 is 0 Å². The maximum absolute atomic E-state index is 4.50. The summed E-state index contributed by atoms with van der Waals surface area (Å²) in [6, 6.07) is 10.1. The van der Waals surface area contributed by atoms with Crippen LogP contribution in [0.1, 0.15) is 11.3 Å². The first-order valence-electron chi connectivity index (χ1n) is 4.79. The minimum Gasteiger partial charge on any atom is -0.296 e. The topological polar surface area (TPSA) is 25.2 Å². The fraction of sp³-hybridized carbons (Fsp3) is 0.0769. The third-order valence-corrected chi connectivity index (χ3v) is 2.25. The second kappa shape index (κ2) is 4.05. The molecule has 0 aliphatic heterocycles. The zero-order chi connectivity index (χ0) is 10.7. The number of pyridine rings is 1. The highest BCUT2D eigenvalue weighted by atomic mass is 14.7. The molecule has 0 saturated carbocycles. The molecule has 2 nitrogen and oxygen atoms in total. The Balaban J connectivity index is 2.74. The summed E-state index contributed by atoms with van der Waals surface area (Å²) in [6.45, 7) is 3.76. The monoisotopic (exact) mass is 196 g/mol. The minimum atomic E-state index is 0.874. The molecule has 0 amide bonds. The summed E-state index contributed by atoms with van der Waals surface area (Å²) in [5, 5.41) is 1.12. The molecule has 15 heavy (non-hydrogen) atoms. The molecule has 0 saturated heterocycles. The zero-order valence-corrected chi connectivity index (χ0v) is 8.64. The van der Waals surface area contributed by atoms with Gasteiger partial charge in [-0.25, -0.2) is 4.98 Å². The normalized spacial score (nSPS) is 11.0. The Kier molecular flexibility index (Phi) is 2.59. The minimum absolute atomic E-state index is 0.874. The van der Waals surface area contributed by atoms with Crippen molar-refractivity contribution in [1.29, 1.82) is 0 Å². The Morgan fingerprint density at radius 2 is 2.13 bits per heavy atom. The average molecular weight is 196 g/mol. The van der Waals surface area contributed by atoms with Crippen LogP contribution in [0.25, 0.3) is 17.0 Å². The van der Waals surface area contributed by atoms with Gasteiger partial charge in [0.15, 0.2) is 0 Å². The van der Waals surface area contributed by atoms with E-state index in [0.29, 0.717) is 0 Å². The molecule has 0 bridgehead atoms. The van der Waals surface area contributed by atoms with E-state index in [1.165, 1.54) is 0 Å². The fourth-order valence-electron chi connectivity index (χ4n) is 1.55. The van der Waals surface area contributed by atoms with E-state index in [0.717, 1.165) is 22.2 Å². The molecule has 1 aromatic heterocycles. The standard InChI is InChI=1S/C13H12N2/c1-3-12-11(9-14-2)8-10-6-4-5-7-13(10)15-12/h3-9H,1H2,2H3/b14-9-. The van der Waals surface area contributed by atoms with Gasteiger partial charge in [0.1, 0.15) is 0 Å². The maximum Gasteiger partial charge on any atom is 0.0719 e. The average Bonchev–Trinajstić information content (AvgIpc) is 2.28. The van der Waals surface area contributed by atoms with E-state index < -0.39 is 0 Å². The smallest absolute Gasteiger partial charge is 0.0719 e. The van der Waals surface area contributed by atoms with E-state index in [9.17, 15) is 0 Å². The summed E-state index contributed by atoms with van der Waals surface area (Å²) >= 11 is 0. The Hall–Kier alpha value is -1.96. The van der Waals surface area contributed by atoms with E-state index in [2.05, 4.69) is 22.6 Å². The summed E-state index contributed by atoms with van der Waals surface area (Å²) in [5.74, 6) is 0. The number of rotatable bonds is 2. The fourth-order valence-corrected chi connectivity index (χ4v) is 1.55. The van der Waals surface area contributed by atoms with Crippen LogP contribution in [0, 0.1) is 0 Å². The number of fused-ring (bicyclic) bond motifs is 1. The number of hydrogen-bond acceptors (Lipinski definition) is 2. The molecule has 0 fully saturated rings. The second-order valence-corrected chi connectivity index (χ2v) is 3.25. The number of aromatic nitrogens is 1. The zero-order valence-electron chi connectivity index (χ0n) is 8.64. The van der Waals surface area contributed by atoms with Gasteiger partial charge in [0, 0.05) is 24.2 Å². The van der Waals surface area contributed by atoms with Crippen LogP contribution in [-0.4, -0.2) is 18.2 Å². The van der Waals surface area contributed by atoms with Gasteiger partial charge in [-0.1, -0.05) is 24.8 Å². The van der Waals surface area contributed by atoms with Gasteiger partial charge in [-0.05, 0) is 18.2 Å². The molecule has 2 rings (SSSR count). The molecule has 0 aliphatic rings. The van der Waals surface area contributed by atoms with Gasteiger partial charge in [-0.15, -0.1) is 0 Å². The highest BCUT2D eigenvalue weighted by Gasteiger charge is 2.01. The Bertz CT molecular complexity index is 527. The molecule has 0 radical (unpaired) electrons. The number of benzene rings is 1. The molecule has 1 aromatic carbocycles. The Labute approximate surface area is 89.0 Å². The van der Waals surface area contributed by atoms with Crippen molar-refractivity contribution in [2.24, 2.45) is 4.99 Å². The molecule has 2 aromatic rings. The van der Waals surface area contributed by atoms with Crippen LogP contribution in [0.2, 0.25) is 0 Å². The maximum atomic E-state index is 4.50. The molecule has 0 atom stereocenters. The van der Waals surface area contributed by atoms with Crippen LogP contribution in [0.4, 0.5) is 0 Å². The predicted octanol–water partition coefficient (Wildman–Crippen LogP) is 2.93. The van der Waals surface area contributed by atoms with E-state index >= 15 is 0 Å². The van der Waals surface area contributed by atoms with Crippen molar-refractivity contribution in [3.63, 3.8) is 0 Å². The third kappa shape index (κ3) is 1.79. The van der Waals surface area contributed by atoms with Gasteiger partial charge in [-0.3, -0.25) is 4.99 Å². The lowest BCUT2D eigenvalue weighted by Gasteiger charge is -2.02. The molecular weight excluding hydrogens is 184 g/mol. The third-order valence-electron chi connectivity index (χ3n) is 2.25. The SMILES string of the molecule is C=Cc1nc2ccccc2cc1/C=N\C. The second-order valence-electron chi connectivity index (χ2n) is 3.25. The van der Waals surface area contributed by atoms with Crippen LogP contribution in [-0.2, 0) is 0 Å². The molecule has 2 heteroatoms. The number of nitrogens with zero attached hydrogens (tertiary/aromatic N) is 2. The van der Waals surface area contributed by atoms with Crippen molar-refractivity contribution in [3.05, 3.63) is 48.2 Å². The summed E-state index contributed by atoms with van der Waals surface area (Å²) in [6.07, 6.45) is 3.56. The molecule has 0 N–H and O–H groups in total. The van der Waals surface area contributed by atoms with Crippen LogP contribution in [0.5, 0.6) is 0 Å². The molecule has 0 unspecified atom stereocenters. The van der Waals surface area contributed by atoms with Crippen LogP contribution < -0.4 is 0 Å². The molecule has 0 spiro atoms. The molecule has 0 aliphatic carbocycles. The number of para-hydroxylation sites is 1. The number of aliphatic imine (C=N–C) groups is 1. The summed E-state index contributed by atoms with van der Waals surface area (Å²) in [7, 11) is 1.75. The molecule has 1 heterocycles. The van der Waals surface area contributed by atoms with Gasteiger partial charge in [-0.2, -0.15) is 0 Å². The Morgan fingerprint density at radius 1 is 1.33 bits per heavy atom. The summed E-state index contributed by atoms with van der Waals surface area (Å²) < 4.78 is 0. The van der Waals surface area contributed by atoms with Crippen molar-refractivity contribution in [3.8, 4) is 0 Å². The van der Waals surface area contributed by atoms with Gasteiger partial charge in [0.05, 0.1) is 11.2 Å². The lowest BCUT2D eigenvalue weighted by atomic mass is 10.1. The van der Waals surface area contributed by atoms with Crippen LogP contribution >= 0.6 is 0 Å². The van der Waals surface area contributed by atoms with Crippen molar-refractivity contribution in [2.75, 3.05) is 7.05 Å². The predicted molar refractivity (Wildman–Crippen MR) is 65.4 cm³/mol. The number of hydrogen-bond donors (Lipinski definition) is 0. The lowest BCUT2D eigenvalue weighted by molar-refractivity contribution is 1.35. The summed E-state index contributed by atoms with van der Waals surface area (Å²) in [4.78, 5) is 8.51. The van der Waals surface area contributed by atoms with Crippen molar-refractivity contribution in [2.45, 2.75) is 0 Å². The van der Waals surface area contributed by atoms with Gasteiger partial charge < -0.3 is 0 Å². The van der Waals surface area contributed by atoms with Gasteiger partial charge in [0.25, 0.3) is 0 Å². The first-order chi connectivity index (χ1) is 7.35. The first-order valence-corrected chi connectivity index (χ1v) is 4.79. The van der Waals surface area contributed by atoms with E-state index in [1.807, 2.05) is 24.3 Å². The lowest BCUT2D eigenvalue weighted by Crippen LogP contribution is -1.92. The first kappa shape index (κ1) is 9.59. The van der Waals surface area contributed by atoms with Crippen LogP contribution in [0.3, 0.4) is 0 Å². The van der Waals surface area contributed by atoms with Crippen molar-refractivity contribution in [1.82, 2.24) is 4.98 Å². The molecular formula is C13H12N2. The summed E-state index contributed by atoms with van der Waals surface area (Å²) in [5.41, 5.74) is 2.87. The van der Waals surface area contributed by atoms with Gasteiger partial charge in [0.2, 0.25) is 0 Å². The van der Waals surface area contributed by atoms with E-state index in [1.54, 1.807) is 19.3 Å². The quantitative estimate of drug-likeness (QED) is 0.678. The largest absolute Gasteiger partial charge is 0.296 e.